The van der Waals surface area contributed by atoms with Crippen LogP contribution in [-0.2, 0) is 4.74 Å². The van der Waals surface area contributed by atoms with E-state index in [1.165, 1.54) is 12.8 Å². The number of rotatable bonds is 8. The van der Waals surface area contributed by atoms with Crippen LogP contribution in [0.5, 0.6) is 0 Å². The quantitative estimate of drug-likeness (QED) is 0.667. The molecule has 18 heavy (non-hydrogen) atoms. The Morgan fingerprint density at radius 1 is 1.44 bits per heavy atom. The summed E-state index contributed by atoms with van der Waals surface area (Å²) in [5.74, 6) is 0.851. The number of alkyl carbamates (subject to hydrolysis) is 1. The van der Waals surface area contributed by atoms with E-state index in [1.54, 1.807) is 0 Å². The first kappa shape index (κ1) is 15.5. The molecule has 1 aliphatic carbocycles. The second-order valence-electron chi connectivity index (χ2n) is 6.60. The fourth-order valence-electron chi connectivity index (χ4n) is 1.76. The first-order valence-electron chi connectivity index (χ1n) is 7.03. The largest absolute Gasteiger partial charge is 0.450 e. The van der Waals surface area contributed by atoms with Crippen molar-refractivity contribution in [3.8, 4) is 0 Å². The second kappa shape index (κ2) is 7.14. The van der Waals surface area contributed by atoms with Gasteiger partial charge >= 0.3 is 6.09 Å². The van der Waals surface area contributed by atoms with E-state index in [0.29, 0.717) is 13.2 Å². The van der Waals surface area contributed by atoms with Crippen LogP contribution in [0.25, 0.3) is 0 Å². The highest BCUT2D eigenvalue weighted by Gasteiger charge is 2.23. The van der Waals surface area contributed by atoms with Gasteiger partial charge in [0.25, 0.3) is 0 Å². The Bertz CT molecular complexity index is 262. The molecular formula is C13H28N2O2Si. The van der Waals surface area contributed by atoms with Crippen molar-refractivity contribution >= 4 is 14.2 Å². The predicted octanol–water partition coefficient (Wildman–Crippen LogP) is 2.57. The fourth-order valence-corrected chi connectivity index (χ4v) is 2.47. The van der Waals surface area contributed by atoms with Gasteiger partial charge < -0.3 is 15.8 Å². The Hall–Kier alpha value is -0.553. The van der Waals surface area contributed by atoms with Gasteiger partial charge in [0, 0.05) is 20.7 Å². The maximum absolute atomic E-state index is 11.4. The van der Waals surface area contributed by atoms with Crippen molar-refractivity contribution in [2.75, 3.05) is 13.2 Å². The summed E-state index contributed by atoms with van der Waals surface area (Å²) in [7, 11) is -1.11. The molecule has 0 radical (unpaired) electrons. The summed E-state index contributed by atoms with van der Waals surface area (Å²) >= 11 is 0. The Labute approximate surface area is 112 Å². The Balaban J connectivity index is 1.95. The molecule has 0 spiro atoms. The van der Waals surface area contributed by atoms with E-state index in [-0.39, 0.29) is 12.1 Å². The summed E-state index contributed by atoms with van der Waals surface area (Å²) in [6.07, 6.45) is 4.32. The van der Waals surface area contributed by atoms with Crippen molar-refractivity contribution in [3.63, 3.8) is 0 Å². The van der Waals surface area contributed by atoms with E-state index in [1.807, 2.05) is 0 Å². The molecule has 1 amide bonds. The van der Waals surface area contributed by atoms with Crippen LogP contribution in [0.3, 0.4) is 0 Å². The van der Waals surface area contributed by atoms with Crippen molar-refractivity contribution in [1.82, 2.24) is 5.32 Å². The SMILES string of the molecule is C[Si](C)(C)CCOC(=O)NCC[C@@H](N)CC1CC1. The second-order valence-corrected chi connectivity index (χ2v) is 12.2. The molecule has 0 unspecified atom stereocenters. The highest BCUT2D eigenvalue weighted by Crippen LogP contribution is 2.33. The summed E-state index contributed by atoms with van der Waals surface area (Å²) in [6, 6.07) is 1.24. The van der Waals surface area contributed by atoms with Crippen molar-refractivity contribution in [1.29, 1.82) is 0 Å². The van der Waals surface area contributed by atoms with Crippen molar-refractivity contribution in [2.45, 2.75) is 57.4 Å². The lowest BCUT2D eigenvalue weighted by Gasteiger charge is -2.16. The van der Waals surface area contributed by atoms with Gasteiger partial charge in [-0.05, 0) is 24.8 Å². The molecular weight excluding hydrogens is 244 g/mol. The van der Waals surface area contributed by atoms with E-state index < -0.39 is 8.07 Å². The van der Waals surface area contributed by atoms with Gasteiger partial charge in [0.2, 0.25) is 0 Å². The Morgan fingerprint density at radius 3 is 2.67 bits per heavy atom. The van der Waals surface area contributed by atoms with Crippen LogP contribution in [0.4, 0.5) is 4.79 Å². The molecule has 5 heteroatoms. The third-order valence-corrected chi connectivity index (χ3v) is 4.91. The van der Waals surface area contributed by atoms with Gasteiger partial charge in [0.1, 0.15) is 0 Å². The van der Waals surface area contributed by atoms with Crippen LogP contribution in [0.2, 0.25) is 25.7 Å². The summed E-state index contributed by atoms with van der Waals surface area (Å²) in [6.45, 7) is 7.97. The minimum absolute atomic E-state index is 0.222. The number of carbonyl (C=O) groups excluding carboxylic acids is 1. The van der Waals surface area contributed by atoms with Gasteiger partial charge in [-0.1, -0.05) is 32.5 Å². The minimum atomic E-state index is -1.11. The van der Waals surface area contributed by atoms with Gasteiger partial charge in [0.15, 0.2) is 0 Å². The molecule has 0 aliphatic heterocycles. The van der Waals surface area contributed by atoms with E-state index in [2.05, 4.69) is 25.0 Å². The van der Waals surface area contributed by atoms with Gasteiger partial charge in [-0.15, -0.1) is 0 Å². The van der Waals surface area contributed by atoms with Crippen LogP contribution in [-0.4, -0.2) is 33.4 Å². The summed E-state index contributed by atoms with van der Waals surface area (Å²) in [5, 5.41) is 2.77. The van der Waals surface area contributed by atoms with Crippen molar-refractivity contribution in [2.24, 2.45) is 11.7 Å². The topological polar surface area (TPSA) is 64.3 Å². The molecule has 1 rings (SSSR count). The standard InChI is InChI=1S/C13H28N2O2Si/c1-18(2,3)9-8-17-13(16)15-7-6-12(14)10-11-4-5-11/h11-12H,4-10,14H2,1-3H3,(H,15,16)/t12-/m1/s1. The number of nitrogens with two attached hydrogens (primary N) is 1. The Kier molecular flexibility index (Phi) is 6.15. The smallest absolute Gasteiger partial charge is 0.407 e. The number of nitrogens with one attached hydrogen (secondary N) is 1. The number of hydrogen-bond donors (Lipinski definition) is 2. The molecule has 106 valence electrons. The van der Waals surface area contributed by atoms with Crippen molar-refractivity contribution in [3.05, 3.63) is 0 Å². The molecule has 0 saturated heterocycles. The molecule has 1 atom stereocenters. The maximum atomic E-state index is 11.4. The number of amides is 1. The van der Waals surface area contributed by atoms with Crippen LogP contribution < -0.4 is 11.1 Å². The highest BCUT2D eigenvalue weighted by atomic mass is 28.3. The predicted molar refractivity (Wildman–Crippen MR) is 77.4 cm³/mol. The maximum Gasteiger partial charge on any atom is 0.407 e. The van der Waals surface area contributed by atoms with Gasteiger partial charge in [-0.3, -0.25) is 0 Å². The lowest BCUT2D eigenvalue weighted by Crippen LogP contribution is -2.32. The van der Waals surface area contributed by atoms with Crippen molar-refractivity contribution < 1.29 is 9.53 Å². The molecule has 0 aromatic heterocycles. The summed E-state index contributed by atoms with van der Waals surface area (Å²) < 4.78 is 5.14. The number of hydrogen-bond acceptors (Lipinski definition) is 3. The molecule has 1 fully saturated rings. The third kappa shape index (κ3) is 8.52. The molecule has 0 aromatic carbocycles. The lowest BCUT2D eigenvalue weighted by atomic mass is 10.1. The third-order valence-electron chi connectivity index (χ3n) is 3.20. The van der Waals surface area contributed by atoms with Crippen LogP contribution in [0, 0.1) is 5.92 Å². The van der Waals surface area contributed by atoms with Crippen LogP contribution >= 0.6 is 0 Å². The zero-order valence-corrected chi connectivity index (χ0v) is 13.0. The van der Waals surface area contributed by atoms with Gasteiger partial charge in [-0.2, -0.15) is 0 Å². The monoisotopic (exact) mass is 272 g/mol. The molecule has 0 bridgehead atoms. The number of ether oxygens (including phenoxy) is 1. The van der Waals surface area contributed by atoms with Gasteiger partial charge in [-0.25, -0.2) is 4.79 Å². The zero-order valence-electron chi connectivity index (χ0n) is 12.0. The molecule has 1 saturated carbocycles. The molecule has 3 N–H and O–H groups in total. The van der Waals surface area contributed by atoms with E-state index in [4.69, 9.17) is 10.5 Å². The number of carbonyl (C=O) groups is 1. The van der Waals surface area contributed by atoms with Crippen LogP contribution in [0.15, 0.2) is 0 Å². The summed E-state index contributed by atoms with van der Waals surface area (Å²) in [5.41, 5.74) is 5.97. The average molecular weight is 272 g/mol. The molecule has 4 nitrogen and oxygen atoms in total. The average Bonchev–Trinajstić information content (AvgIpc) is 2.99. The Morgan fingerprint density at radius 2 is 2.11 bits per heavy atom. The molecule has 0 aromatic rings. The van der Waals surface area contributed by atoms with Gasteiger partial charge in [0.05, 0.1) is 6.61 Å². The fraction of sp³-hybridized carbons (Fsp3) is 0.923. The molecule has 0 heterocycles. The highest BCUT2D eigenvalue weighted by molar-refractivity contribution is 6.76. The lowest BCUT2D eigenvalue weighted by molar-refractivity contribution is 0.151. The zero-order chi connectivity index (χ0) is 13.6. The van der Waals surface area contributed by atoms with E-state index in [9.17, 15) is 4.79 Å². The first-order chi connectivity index (χ1) is 8.37. The normalized spacial score (nSPS) is 17.3. The minimum Gasteiger partial charge on any atom is -0.450 e. The van der Waals surface area contributed by atoms with E-state index in [0.717, 1.165) is 24.8 Å². The van der Waals surface area contributed by atoms with E-state index >= 15 is 0 Å². The molecule has 1 aliphatic rings. The van der Waals surface area contributed by atoms with Crippen LogP contribution in [0.1, 0.15) is 25.7 Å². The first-order valence-corrected chi connectivity index (χ1v) is 10.7. The summed E-state index contributed by atoms with van der Waals surface area (Å²) in [4.78, 5) is 11.4.